The Morgan fingerprint density at radius 3 is 2.75 bits per heavy atom. The minimum absolute atomic E-state index is 0.144. The maximum Gasteiger partial charge on any atom is 0.220 e. The Morgan fingerprint density at radius 2 is 2.25 bits per heavy atom. The third kappa shape index (κ3) is 2.51. The standard InChI is InChI=1S/C12H14N2O2/c1-9(15)14(2)12(8-13)10-5-4-6-11(7-10)16-3/h4-7,12H,1-3H3. The molecule has 0 N–H and O–H groups in total. The van der Waals surface area contributed by atoms with Crippen molar-refractivity contribution in [1.82, 2.24) is 4.90 Å². The number of benzene rings is 1. The van der Waals surface area contributed by atoms with Gasteiger partial charge in [-0.1, -0.05) is 12.1 Å². The van der Waals surface area contributed by atoms with Crippen molar-refractivity contribution >= 4 is 5.91 Å². The van der Waals surface area contributed by atoms with Crippen molar-refractivity contribution in [3.05, 3.63) is 29.8 Å². The zero-order chi connectivity index (χ0) is 12.1. The van der Waals surface area contributed by atoms with Gasteiger partial charge in [-0.05, 0) is 17.7 Å². The van der Waals surface area contributed by atoms with E-state index in [-0.39, 0.29) is 5.91 Å². The van der Waals surface area contributed by atoms with Crippen LogP contribution >= 0.6 is 0 Å². The molecule has 0 saturated carbocycles. The molecular formula is C12H14N2O2. The molecule has 1 amide bonds. The van der Waals surface area contributed by atoms with E-state index in [0.717, 1.165) is 5.56 Å². The monoisotopic (exact) mass is 218 g/mol. The molecule has 84 valence electrons. The van der Waals surface area contributed by atoms with Gasteiger partial charge in [0.2, 0.25) is 5.91 Å². The summed E-state index contributed by atoms with van der Waals surface area (Å²) in [5.41, 5.74) is 0.750. The largest absolute Gasteiger partial charge is 0.497 e. The van der Waals surface area contributed by atoms with Gasteiger partial charge in [0.05, 0.1) is 13.2 Å². The summed E-state index contributed by atoms with van der Waals surface area (Å²) in [5.74, 6) is 0.532. The molecule has 0 radical (unpaired) electrons. The van der Waals surface area contributed by atoms with E-state index in [4.69, 9.17) is 10.00 Å². The fraction of sp³-hybridized carbons (Fsp3) is 0.333. The highest BCUT2D eigenvalue weighted by Crippen LogP contribution is 2.22. The van der Waals surface area contributed by atoms with Gasteiger partial charge >= 0.3 is 0 Å². The Hall–Kier alpha value is -2.02. The summed E-state index contributed by atoms with van der Waals surface area (Å²) in [6.45, 7) is 1.44. The summed E-state index contributed by atoms with van der Waals surface area (Å²) in [6.07, 6.45) is 0. The summed E-state index contributed by atoms with van der Waals surface area (Å²) in [6, 6.07) is 8.68. The normalized spacial score (nSPS) is 11.4. The van der Waals surface area contributed by atoms with Gasteiger partial charge in [-0.3, -0.25) is 4.79 Å². The third-order valence-corrected chi connectivity index (χ3v) is 2.42. The van der Waals surface area contributed by atoms with Gasteiger partial charge in [-0.15, -0.1) is 0 Å². The first-order valence-electron chi connectivity index (χ1n) is 4.87. The Balaban J connectivity index is 3.04. The average Bonchev–Trinajstić information content (AvgIpc) is 2.30. The molecule has 0 spiro atoms. The van der Waals surface area contributed by atoms with Gasteiger partial charge in [0.15, 0.2) is 0 Å². The molecule has 0 bridgehead atoms. The minimum atomic E-state index is -0.576. The highest BCUT2D eigenvalue weighted by atomic mass is 16.5. The first-order chi connectivity index (χ1) is 7.60. The molecule has 4 heteroatoms. The van der Waals surface area contributed by atoms with E-state index >= 15 is 0 Å². The van der Waals surface area contributed by atoms with Crippen molar-refractivity contribution in [3.8, 4) is 11.8 Å². The van der Waals surface area contributed by atoms with Gasteiger partial charge in [-0.2, -0.15) is 5.26 Å². The molecule has 1 aromatic carbocycles. The van der Waals surface area contributed by atoms with Crippen molar-refractivity contribution < 1.29 is 9.53 Å². The smallest absolute Gasteiger partial charge is 0.220 e. The predicted molar refractivity (Wildman–Crippen MR) is 59.8 cm³/mol. The number of nitrogens with zero attached hydrogens (tertiary/aromatic N) is 2. The maximum absolute atomic E-state index is 11.2. The molecule has 0 aliphatic carbocycles. The summed E-state index contributed by atoms with van der Waals surface area (Å²) >= 11 is 0. The van der Waals surface area contributed by atoms with Crippen LogP contribution < -0.4 is 4.74 Å². The zero-order valence-electron chi connectivity index (χ0n) is 9.60. The van der Waals surface area contributed by atoms with Crippen molar-refractivity contribution in [1.29, 1.82) is 5.26 Å². The molecule has 0 aliphatic heterocycles. The second-order valence-corrected chi connectivity index (χ2v) is 3.44. The molecule has 16 heavy (non-hydrogen) atoms. The maximum atomic E-state index is 11.2. The fourth-order valence-electron chi connectivity index (χ4n) is 1.38. The van der Waals surface area contributed by atoms with E-state index in [1.807, 2.05) is 0 Å². The van der Waals surface area contributed by atoms with Crippen LogP contribution in [0.2, 0.25) is 0 Å². The fourth-order valence-corrected chi connectivity index (χ4v) is 1.38. The summed E-state index contributed by atoms with van der Waals surface area (Å²) in [7, 11) is 3.17. The second kappa shape index (κ2) is 5.17. The van der Waals surface area contributed by atoms with E-state index in [9.17, 15) is 4.79 Å². The number of hydrogen-bond acceptors (Lipinski definition) is 3. The Kier molecular flexibility index (Phi) is 3.90. The summed E-state index contributed by atoms with van der Waals surface area (Å²) in [4.78, 5) is 12.6. The van der Waals surface area contributed by atoms with E-state index in [2.05, 4.69) is 6.07 Å². The zero-order valence-corrected chi connectivity index (χ0v) is 9.60. The van der Waals surface area contributed by atoms with Crippen LogP contribution in [0.15, 0.2) is 24.3 Å². The second-order valence-electron chi connectivity index (χ2n) is 3.44. The van der Waals surface area contributed by atoms with Crippen molar-refractivity contribution in [2.24, 2.45) is 0 Å². The average molecular weight is 218 g/mol. The number of rotatable bonds is 3. The van der Waals surface area contributed by atoms with Crippen LogP contribution in [-0.4, -0.2) is 25.0 Å². The molecule has 1 atom stereocenters. The lowest BCUT2D eigenvalue weighted by Gasteiger charge is -2.21. The number of ether oxygens (including phenoxy) is 1. The van der Waals surface area contributed by atoms with Gasteiger partial charge in [0, 0.05) is 14.0 Å². The van der Waals surface area contributed by atoms with Crippen molar-refractivity contribution in [2.75, 3.05) is 14.2 Å². The number of hydrogen-bond donors (Lipinski definition) is 0. The van der Waals surface area contributed by atoms with Crippen LogP contribution in [0.25, 0.3) is 0 Å². The predicted octanol–water partition coefficient (Wildman–Crippen LogP) is 1.74. The van der Waals surface area contributed by atoms with E-state index in [1.165, 1.54) is 11.8 Å². The van der Waals surface area contributed by atoms with Gasteiger partial charge in [0.25, 0.3) is 0 Å². The molecule has 0 aromatic heterocycles. The first-order valence-corrected chi connectivity index (χ1v) is 4.87. The Bertz CT molecular complexity index is 423. The Labute approximate surface area is 95.0 Å². The number of carbonyl (C=O) groups is 1. The molecular weight excluding hydrogens is 204 g/mol. The molecule has 1 rings (SSSR count). The number of carbonyl (C=O) groups excluding carboxylic acids is 1. The van der Waals surface area contributed by atoms with Crippen LogP contribution in [0, 0.1) is 11.3 Å². The number of amides is 1. The van der Waals surface area contributed by atoms with Gasteiger partial charge in [-0.25, -0.2) is 0 Å². The SMILES string of the molecule is COc1cccc(C(C#N)N(C)C(C)=O)c1. The van der Waals surface area contributed by atoms with Gasteiger partial charge < -0.3 is 9.64 Å². The number of nitriles is 1. The van der Waals surface area contributed by atoms with Crippen LogP contribution in [0.4, 0.5) is 0 Å². The summed E-state index contributed by atoms with van der Waals surface area (Å²) in [5, 5.41) is 9.08. The summed E-state index contributed by atoms with van der Waals surface area (Å²) < 4.78 is 5.08. The molecule has 0 saturated heterocycles. The van der Waals surface area contributed by atoms with Crippen LogP contribution in [0.5, 0.6) is 5.75 Å². The van der Waals surface area contributed by atoms with Crippen LogP contribution in [0.3, 0.4) is 0 Å². The van der Waals surface area contributed by atoms with Crippen molar-refractivity contribution in [2.45, 2.75) is 13.0 Å². The Morgan fingerprint density at radius 1 is 1.56 bits per heavy atom. The van der Waals surface area contributed by atoms with E-state index in [0.29, 0.717) is 5.75 Å². The topological polar surface area (TPSA) is 53.3 Å². The third-order valence-electron chi connectivity index (χ3n) is 2.42. The molecule has 0 heterocycles. The first kappa shape index (κ1) is 12.1. The van der Waals surface area contributed by atoms with Gasteiger partial charge in [0.1, 0.15) is 11.8 Å². The van der Waals surface area contributed by atoms with E-state index in [1.54, 1.807) is 38.4 Å². The lowest BCUT2D eigenvalue weighted by Crippen LogP contribution is -2.28. The molecule has 4 nitrogen and oxygen atoms in total. The van der Waals surface area contributed by atoms with Crippen LogP contribution in [0.1, 0.15) is 18.5 Å². The minimum Gasteiger partial charge on any atom is -0.497 e. The van der Waals surface area contributed by atoms with Crippen LogP contribution in [-0.2, 0) is 4.79 Å². The quantitative estimate of drug-likeness (QED) is 0.776. The molecule has 1 unspecified atom stereocenters. The number of methoxy groups -OCH3 is 1. The highest BCUT2D eigenvalue weighted by Gasteiger charge is 2.18. The lowest BCUT2D eigenvalue weighted by molar-refractivity contribution is -0.128. The van der Waals surface area contributed by atoms with Crippen molar-refractivity contribution in [3.63, 3.8) is 0 Å². The molecule has 0 fully saturated rings. The molecule has 1 aromatic rings. The van der Waals surface area contributed by atoms with E-state index < -0.39 is 6.04 Å². The molecule has 0 aliphatic rings. The lowest BCUT2D eigenvalue weighted by atomic mass is 10.1. The highest BCUT2D eigenvalue weighted by molar-refractivity contribution is 5.74.